The second-order valence-corrected chi connectivity index (χ2v) is 6.60. The van der Waals surface area contributed by atoms with Gasteiger partial charge in [0, 0.05) is 18.0 Å². The first-order valence-electron chi connectivity index (χ1n) is 8.72. The average Bonchev–Trinajstić information content (AvgIpc) is 3.15. The molecule has 150 valence electrons. The largest absolute Gasteiger partial charge is 0.368 e. The Morgan fingerprint density at radius 2 is 1.74 bits per heavy atom. The minimum Gasteiger partial charge on any atom is -0.368 e. The van der Waals surface area contributed by atoms with Crippen molar-refractivity contribution in [1.29, 1.82) is 0 Å². The highest BCUT2D eigenvalue weighted by molar-refractivity contribution is 5.96. The van der Waals surface area contributed by atoms with Gasteiger partial charge in [0.15, 0.2) is 0 Å². The van der Waals surface area contributed by atoms with Crippen molar-refractivity contribution >= 4 is 41.5 Å². The van der Waals surface area contributed by atoms with Crippen LogP contribution >= 0.6 is 12.4 Å². The lowest BCUT2D eigenvalue weighted by molar-refractivity contribution is -0.125. The summed E-state index contributed by atoms with van der Waals surface area (Å²) in [6.45, 7) is 4.13. The summed E-state index contributed by atoms with van der Waals surface area (Å²) in [4.78, 5) is 35.6. The summed E-state index contributed by atoms with van der Waals surface area (Å²) in [7, 11) is 0. The average molecular weight is 399 g/mol. The van der Waals surface area contributed by atoms with Gasteiger partial charge in [-0.2, -0.15) is 0 Å². The predicted octanol–water partition coefficient (Wildman–Crippen LogP) is 1.26. The molecule has 1 aromatic carbocycles. The molecule has 0 aromatic heterocycles. The molecule has 27 heavy (non-hydrogen) atoms. The second kappa shape index (κ2) is 10.9. The van der Waals surface area contributed by atoms with Gasteiger partial charge in [0.05, 0.1) is 12.6 Å². The van der Waals surface area contributed by atoms with Crippen LogP contribution in [0.4, 0.5) is 11.4 Å². The minimum absolute atomic E-state index is 0. The molecule has 0 bridgehead atoms. The SMILES string of the molecule is CC(C)[C@H](N)C(=O)NCC(=O)Nc1ccc(NC(=O)C2CCCO2)cc1.Cl. The van der Waals surface area contributed by atoms with Gasteiger partial charge in [-0.25, -0.2) is 0 Å². The summed E-state index contributed by atoms with van der Waals surface area (Å²) >= 11 is 0. The number of benzene rings is 1. The normalized spacial score (nSPS) is 17.0. The summed E-state index contributed by atoms with van der Waals surface area (Å²) in [5, 5.41) is 7.95. The van der Waals surface area contributed by atoms with E-state index >= 15 is 0 Å². The maximum absolute atomic E-state index is 12.0. The number of carbonyl (C=O) groups is 3. The number of nitrogens with two attached hydrogens (primary N) is 1. The molecule has 9 heteroatoms. The van der Waals surface area contributed by atoms with Gasteiger partial charge in [-0.05, 0) is 43.0 Å². The van der Waals surface area contributed by atoms with Gasteiger partial charge in [0.1, 0.15) is 6.10 Å². The highest BCUT2D eigenvalue weighted by Gasteiger charge is 2.23. The van der Waals surface area contributed by atoms with Gasteiger partial charge in [-0.3, -0.25) is 14.4 Å². The highest BCUT2D eigenvalue weighted by Crippen LogP contribution is 2.17. The molecule has 1 aliphatic rings. The zero-order valence-corrected chi connectivity index (χ0v) is 16.3. The molecular weight excluding hydrogens is 372 g/mol. The van der Waals surface area contributed by atoms with Gasteiger partial charge in [0.25, 0.3) is 5.91 Å². The highest BCUT2D eigenvalue weighted by atomic mass is 35.5. The van der Waals surface area contributed by atoms with Crippen molar-refractivity contribution in [1.82, 2.24) is 5.32 Å². The quantitative estimate of drug-likeness (QED) is 0.550. The lowest BCUT2D eigenvalue weighted by Gasteiger charge is -2.15. The molecule has 1 aromatic rings. The molecule has 5 N–H and O–H groups in total. The minimum atomic E-state index is -0.644. The van der Waals surface area contributed by atoms with Crippen LogP contribution < -0.4 is 21.7 Å². The van der Waals surface area contributed by atoms with E-state index in [-0.39, 0.29) is 42.6 Å². The van der Waals surface area contributed by atoms with Crippen molar-refractivity contribution in [3.8, 4) is 0 Å². The zero-order chi connectivity index (χ0) is 19.1. The number of hydrogen-bond acceptors (Lipinski definition) is 5. The van der Waals surface area contributed by atoms with Crippen LogP contribution in [0, 0.1) is 5.92 Å². The molecule has 1 unspecified atom stereocenters. The lowest BCUT2D eigenvalue weighted by atomic mass is 10.1. The third kappa shape index (κ3) is 7.16. The van der Waals surface area contributed by atoms with Gasteiger partial charge in [0.2, 0.25) is 11.8 Å². The number of nitrogens with one attached hydrogen (secondary N) is 3. The van der Waals surface area contributed by atoms with E-state index in [1.807, 2.05) is 13.8 Å². The van der Waals surface area contributed by atoms with Crippen molar-refractivity contribution in [2.45, 2.75) is 38.8 Å². The molecule has 1 heterocycles. The van der Waals surface area contributed by atoms with Crippen LogP contribution in [0.1, 0.15) is 26.7 Å². The van der Waals surface area contributed by atoms with E-state index in [9.17, 15) is 14.4 Å². The van der Waals surface area contributed by atoms with Crippen molar-refractivity contribution < 1.29 is 19.1 Å². The standard InChI is InChI=1S/C18H26N4O4.ClH/c1-11(2)16(19)18(25)20-10-15(23)21-12-5-7-13(8-6-12)22-17(24)14-4-3-9-26-14;/h5-8,11,14,16H,3-4,9-10,19H2,1-2H3,(H,20,25)(H,21,23)(H,22,24);1H/t14?,16-;/m0./s1. The maximum Gasteiger partial charge on any atom is 0.253 e. The fourth-order valence-corrected chi connectivity index (χ4v) is 2.44. The molecule has 0 spiro atoms. The van der Waals surface area contributed by atoms with Crippen LogP contribution in [0.15, 0.2) is 24.3 Å². The van der Waals surface area contributed by atoms with Crippen molar-refractivity contribution in [3.05, 3.63) is 24.3 Å². The van der Waals surface area contributed by atoms with Crippen molar-refractivity contribution in [2.75, 3.05) is 23.8 Å². The Kier molecular flexibility index (Phi) is 9.20. The van der Waals surface area contributed by atoms with Crippen LogP contribution in [0.25, 0.3) is 0 Å². The Balaban J connectivity index is 0.00000364. The molecule has 0 saturated carbocycles. The van der Waals surface area contributed by atoms with E-state index in [0.29, 0.717) is 18.0 Å². The topological polar surface area (TPSA) is 123 Å². The smallest absolute Gasteiger partial charge is 0.253 e. The summed E-state index contributed by atoms with van der Waals surface area (Å²) in [6, 6.07) is 6.08. The van der Waals surface area contributed by atoms with E-state index in [4.69, 9.17) is 10.5 Å². The number of carbonyl (C=O) groups excluding carboxylic acids is 3. The van der Waals surface area contributed by atoms with Crippen molar-refractivity contribution in [2.24, 2.45) is 11.7 Å². The number of hydrogen-bond donors (Lipinski definition) is 4. The summed E-state index contributed by atoms with van der Waals surface area (Å²) < 4.78 is 5.33. The first-order chi connectivity index (χ1) is 12.4. The fraction of sp³-hybridized carbons (Fsp3) is 0.500. The Hall–Kier alpha value is -2.16. The second-order valence-electron chi connectivity index (χ2n) is 6.60. The Morgan fingerprint density at radius 3 is 2.26 bits per heavy atom. The molecule has 8 nitrogen and oxygen atoms in total. The van der Waals surface area contributed by atoms with E-state index in [1.54, 1.807) is 24.3 Å². The molecular formula is C18H27ClN4O4. The van der Waals surface area contributed by atoms with E-state index in [0.717, 1.165) is 12.8 Å². The van der Waals surface area contributed by atoms with Crippen LogP contribution in [-0.2, 0) is 19.1 Å². The third-order valence-electron chi connectivity index (χ3n) is 4.10. The number of halogens is 1. The summed E-state index contributed by atoms with van der Waals surface area (Å²) in [6.07, 6.45) is 1.23. The van der Waals surface area contributed by atoms with E-state index in [2.05, 4.69) is 16.0 Å². The first-order valence-corrected chi connectivity index (χ1v) is 8.72. The van der Waals surface area contributed by atoms with Gasteiger partial charge >= 0.3 is 0 Å². The third-order valence-corrected chi connectivity index (χ3v) is 4.10. The Bertz CT molecular complexity index is 645. The molecule has 3 amide bonds. The van der Waals surface area contributed by atoms with Gasteiger partial charge < -0.3 is 26.4 Å². The molecule has 0 radical (unpaired) electrons. The van der Waals surface area contributed by atoms with Gasteiger partial charge in [-0.1, -0.05) is 13.8 Å². The Labute approximate surface area is 165 Å². The number of amides is 3. The van der Waals surface area contributed by atoms with E-state index < -0.39 is 12.1 Å². The number of ether oxygens (including phenoxy) is 1. The molecule has 1 saturated heterocycles. The lowest BCUT2D eigenvalue weighted by Crippen LogP contribution is -2.46. The number of rotatable bonds is 7. The zero-order valence-electron chi connectivity index (χ0n) is 15.5. The van der Waals surface area contributed by atoms with Crippen molar-refractivity contribution in [3.63, 3.8) is 0 Å². The predicted molar refractivity (Wildman–Crippen MR) is 106 cm³/mol. The number of anilines is 2. The monoisotopic (exact) mass is 398 g/mol. The maximum atomic E-state index is 12.0. The Morgan fingerprint density at radius 1 is 1.15 bits per heavy atom. The summed E-state index contributed by atoms with van der Waals surface area (Å²) in [5.41, 5.74) is 6.90. The van der Waals surface area contributed by atoms with Crippen LogP contribution in [0.5, 0.6) is 0 Å². The fourth-order valence-electron chi connectivity index (χ4n) is 2.44. The summed E-state index contributed by atoms with van der Waals surface area (Å²) in [5.74, 6) is -0.883. The molecule has 2 atom stereocenters. The first kappa shape index (κ1) is 22.9. The van der Waals surface area contributed by atoms with Crippen LogP contribution in [-0.4, -0.2) is 43.0 Å². The molecule has 0 aliphatic carbocycles. The van der Waals surface area contributed by atoms with Crippen LogP contribution in [0.3, 0.4) is 0 Å². The van der Waals surface area contributed by atoms with Crippen LogP contribution in [0.2, 0.25) is 0 Å². The van der Waals surface area contributed by atoms with Gasteiger partial charge in [-0.15, -0.1) is 12.4 Å². The molecule has 1 aliphatic heterocycles. The van der Waals surface area contributed by atoms with E-state index in [1.165, 1.54) is 0 Å². The molecule has 2 rings (SSSR count). The molecule has 1 fully saturated rings.